The Hall–Kier alpha value is -3.09. The van der Waals surface area contributed by atoms with Crippen molar-refractivity contribution in [1.82, 2.24) is 0 Å². The molecule has 3 N–H and O–H groups in total. The standard InChI is InChI=1S/C14H12N2O5/c1-8(17)15-9-2-4-10(5-3-9)16-13(18)11-6-7-12(21-11)14(19)20/h2-7H,1H3,(H,15,17)(H,16,18)(H,19,20). The van der Waals surface area contributed by atoms with Crippen molar-refractivity contribution in [2.75, 3.05) is 10.6 Å². The summed E-state index contributed by atoms with van der Waals surface area (Å²) in [5.41, 5.74) is 1.09. The number of aromatic carboxylic acids is 1. The van der Waals surface area contributed by atoms with Crippen LogP contribution in [0, 0.1) is 0 Å². The van der Waals surface area contributed by atoms with E-state index < -0.39 is 11.9 Å². The Morgan fingerprint density at radius 2 is 1.43 bits per heavy atom. The summed E-state index contributed by atoms with van der Waals surface area (Å²) in [5.74, 6) is -2.40. The molecular formula is C14H12N2O5. The molecule has 2 amide bonds. The lowest BCUT2D eigenvalue weighted by molar-refractivity contribution is -0.114. The molecule has 0 aliphatic rings. The normalized spacial score (nSPS) is 9.95. The van der Waals surface area contributed by atoms with Crippen LogP contribution < -0.4 is 10.6 Å². The summed E-state index contributed by atoms with van der Waals surface area (Å²) in [6.07, 6.45) is 0. The van der Waals surface area contributed by atoms with Crippen molar-refractivity contribution in [3.63, 3.8) is 0 Å². The van der Waals surface area contributed by atoms with Crippen LogP contribution in [0.15, 0.2) is 40.8 Å². The van der Waals surface area contributed by atoms with Gasteiger partial charge in [0.1, 0.15) is 0 Å². The van der Waals surface area contributed by atoms with Crippen LogP contribution in [0.4, 0.5) is 11.4 Å². The Labute approximate surface area is 119 Å². The monoisotopic (exact) mass is 288 g/mol. The van der Waals surface area contributed by atoms with Gasteiger partial charge in [-0.15, -0.1) is 0 Å². The van der Waals surface area contributed by atoms with Gasteiger partial charge < -0.3 is 20.2 Å². The van der Waals surface area contributed by atoms with Gasteiger partial charge in [0.05, 0.1) is 0 Å². The summed E-state index contributed by atoms with van der Waals surface area (Å²) in [4.78, 5) is 33.4. The molecule has 0 radical (unpaired) electrons. The number of carbonyl (C=O) groups excluding carboxylic acids is 2. The van der Waals surface area contributed by atoms with Crippen molar-refractivity contribution >= 4 is 29.2 Å². The number of rotatable bonds is 4. The minimum Gasteiger partial charge on any atom is -0.475 e. The van der Waals surface area contributed by atoms with Gasteiger partial charge in [-0.3, -0.25) is 9.59 Å². The number of furan rings is 1. The molecule has 0 saturated carbocycles. The smallest absolute Gasteiger partial charge is 0.371 e. The number of hydrogen-bond donors (Lipinski definition) is 3. The lowest BCUT2D eigenvalue weighted by Crippen LogP contribution is -2.11. The van der Waals surface area contributed by atoms with Crippen LogP contribution in [-0.2, 0) is 4.79 Å². The zero-order chi connectivity index (χ0) is 15.4. The van der Waals surface area contributed by atoms with Gasteiger partial charge in [0.15, 0.2) is 5.76 Å². The maximum atomic E-state index is 11.8. The Morgan fingerprint density at radius 1 is 0.905 bits per heavy atom. The first-order chi connectivity index (χ1) is 9.95. The molecule has 0 fully saturated rings. The number of carboxylic acids is 1. The van der Waals surface area contributed by atoms with Gasteiger partial charge >= 0.3 is 5.97 Å². The third-order valence-corrected chi connectivity index (χ3v) is 2.50. The first-order valence-corrected chi connectivity index (χ1v) is 5.98. The number of amides is 2. The summed E-state index contributed by atoms with van der Waals surface area (Å²) in [5, 5.41) is 13.9. The molecule has 7 nitrogen and oxygen atoms in total. The predicted octanol–water partition coefficient (Wildman–Crippen LogP) is 2.19. The topological polar surface area (TPSA) is 109 Å². The predicted molar refractivity (Wildman–Crippen MR) is 74.4 cm³/mol. The highest BCUT2D eigenvalue weighted by molar-refractivity contribution is 6.03. The summed E-state index contributed by atoms with van der Waals surface area (Å²) in [6, 6.07) is 8.94. The Kier molecular flexibility index (Phi) is 4.03. The fourth-order valence-corrected chi connectivity index (χ4v) is 1.61. The number of carbonyl (C=O) groups is 3. The molecule has 1 aromatic heterocycles. The zero-order valence-electron chi connectivity index (χ0n) is 11.0. The lowest BCUT2D eigenvalue weighted by atomic mass is 10.2. The number of carboxylic acid groups (broad SMARTS) is 1. The number of anilines is 2. The van der Waals surface area contributed by atoms with E-state index in [1.807, 2.05) is 0 Å². The first-order valence-electron chi connectivity index (χ1n) is 5.98. The van der Waals surface area contributed by atoms with Crippen LogP contribution in [0.3, 0.4) is 0 Å². The fourth-order valence-electron chi connectivity index (χ4n) is 1.61. The van der Waals surface area contributed by atoms with E-state index in [1.165, 1.54) is 19.1 Å². The molecule has 0 aliphatic heterocycles. The molecular weight excluding hydrogens is 276 g/mol. The Bertz CT molecular complexity index is 688. The van der Waals surface area contributed by atoms with Gasteiger partial charge in [-0.2, -0.15) is 0 Å². The van der Waals surface area contributed by atoms with Gasteiger partial charge in [-0.25, -0.2) is 4.79 Å². The summed E-state index contributed by atoms with van der Waals surface area (Å²) in [7, 11) is 0. The van der Waals surface area contributed by atoms with E-state index in [0.29, 0.717) is 11.4 Å². The summed E-state index contributed by atoms with van der Waals surface area (Å²) in [6.45, 7) is 1.40. The van der Waals surface area contributed by atoms with E-state index in [-0.39, 0.29) is 17.4 Å². The second-order valence-corrected chi connectivity index (χ2v) is 4.18. The first kappa shape index (κ1) is 14.3. The molecule has 2 rings (SSSR count). The summed E-state index contributed by atoms with van der Waals surface area (Å²) < 4.78 is 4.89. The van der Waals surface area contributed by atoms with Gasteiger partial charge in [0.2, 0.25) is 11.7 Å². The number of benzene rings is 1. The van der Waals surface area contributed by atoms with Gasteiger partial charge in [-0.1, -0.05) is 0 Å². The molecule has 1 aromatic carbocycles. The molecule has 7 heteroatoms. The average molecular weight is 288 g/mol. The highest BCUT2D eigenvalue weighted by atomic mass is 16.4. The lowest BCUT2D eigenvalue weighted by Gasteiger charge is -2.05. The third kappa shape index (κ3) is 3.69. The minimum atomic E-state index is -1.24. The molecule has 0 unspecified atom stereocenters. The van der Waals surface area contributed by atoms with Gasteiger partial charge in [0.25, 0.3) is 5.91 Å². The van der Waals surface area contributed by atoms with Crippen LogP contribution in [-0.4, -0.2) is 22.9 Å². The SMILES string of the molecule is CC(=O)Nc1ccc(NC(=O)c2ccc(C(=O)O)o2)cc1. The molecule has 0 saturated heterocycles. The number of hydrogen-bond acceptors (Lipinski definition) is 4. The summed E-state index contributed by atoms with van der Waals surface area (Å²) >= 11 is 0. The van der Waals surface area contributed by atoms with Crippen molar-refractivity contribution in [2.45, 2.75) is 6.92 Å². The van der Waals surface area contributed by atoms with Crippen molar-refractivity contribution in [3.8, 4) is 0 Å². The molecule has 1 heterocycles. The van der Waals surface area contributed by atoms with Crippen LogP contribution in [0.2, 0.25) is 0 Å². The van der Waals surface area contributed by atoms with E-state index in [1.54, 1.807) is 24.3 Å². The van der Waals surface area contributed by atoms with E-state index >= 15 is 0 Å². The minimum absolute atomic E-state index is 0.0988. The molecule has 2 aromatic rings. The highest BCUT2D eigenvalue weighted by Crippen LogP contribution is 2.15. The van der Waals surface area contributed by atoms with Gasteiger partial charge in [-0.05, 0) is 36.4 Å². The van der Waals surface area contributed by atoms with Crippen molar-refractivity contribution in [2.24, 2.45) is 0 Å². The van der Waals surface area contributed by atoms with Crippen LogP contribution in [0.5, 0.6) is 0 Å². The molecule has 0 bridgehead atoms. The molecule has 21 heavy (non-hydrogen) atoms. The zero-order valence-corrected chi connectivity index (χ0v) is 11.0. The molecule has 0 aliphatic carbocycles. The largest absolute Gasteiger partial charge is 0.475 e. The molecule has 0 atom stereocenters. The maximum Gasteiger partial charge on any atom is 0.371 e. The second-order valence-electron chi connectivity index (χ2n) is 4.18. The van der Waals surface area contributed by atoms with Crippen LogP contribution >= 0.6 is 0 Å². The average Bonchev–Trinajstić information content (AvgIpc) is 2.90. The Balaban J connectivity index is 2.04. The van der Waals surface area contributed by atoms with E-state index in [0.717, 1.165) is 0 Å². The quantitative estimate of drug-likeness (QED) is 0.799. The maximum absolute atomic E-state index is 11.8. The Morgan fingerprint density at radius 3 is 1.90 bits per heavy atom. The second kappa shape index (κ2) is 5.91. The van der Waals surface area contributed by atoms with Crippen LogP contribution in [0.25, 0.3) is 0 Å². The fraction of sp³-hybridized carbons (Fsp3) is 0.0714. The van der Waals surface area contributed by atoms with Crippen molar-refractivity contribution < 1.29 is 23.9 Å². The highest BCUT2D eigenvalue weighted by Gasteiger charge is 2.14. The van der Waals surface area contributed by atoms with Crippen molar-refractivity contribution in [3.05, 3.63) is 47.9 Å². The van der Waals surface area contributed by atoms with Crippen molar-refractivity contribution in [1.29, 1.82) is 0 Å². The van der Waals surface area contributed by atoms with E-state index in [2.05, 4.69) is 10.6 Å². The van der Waals surface area contributed by atoms with Gasteiger partial charge in [0, 0.05) is 18.3 Å². The number of nitrogens with one attached hydrogen (secondary N) is 2. The third-order valence-electron chi connectivity index (χ3n) is 2.50. The molecule has 108 valence electrons. The van der Waals surface area contributed by atoms with Crippen LogP contribution in [0.1, 0.15) is 28.0 Å². The van der Waals surface area contributed by atoms with E-state index in [9.17, 15) is 14.4 Å². The van der Waals surface area contributed by atoms with E-state index in [4.69, 9.17) is 9.52 Å². The molecule has 0 spiro atoms.